The first kappa shape index (κ1) is 17.5. The molecule has 1 aromatic rings. The summed E-state index contributed by atoms with van der Waals surface area (Å²) in [4.78, 5) is 25.3. The van der Waals surface area contributed by atoms with Crippen LogP contribution in [-0.2, 0) is 9.53 Å². The molecule has 1 atom stereocenters. The highest BCUT2D eigenvalue weighted by Crippen LogP contribution is 2.24. The van der Waals surface area contributed by atoms with Gasteiger partial charge in [-0.2, -0.15) is 5.10 Å². The van der Waals surface area contributed by atoms with Crippen LogP contribution >= 0.6 is 0 Å². The standard InChI is InChI=1S/C16H25N3O4/c1-4-11(2)18(10-15(20)21)16(22)14-9-17-19(12(14)3)13-5-7-23-8-6-13/h9,11,13H,4-8,10H2,1-3H3,(H,20,21). The summed E-state index contributed by atoms with van der Waals surface area (Å²) in [5.74, 6) is -1.27. The highest BCUT2D eigenvalue weighted by molar-refractivity contribution is 5.96. The summed E-state index contributed by atoms with van der Waals surface area (Å²) in [7, 11) is 0. The van der Waals surface area contributed by atoms with E-state index in [1.165, 1.54) is 4.90 Å². The third kappa shape index (κ3) is 3.90. The van der Waals surface area contributed by atoms with Crippen LogP contribution in [0.15, 0.2) is 6.20 Å². The first-order chi connectivity index (χ1) is 11.0. The van der Waals surface area contributed by atoms with E-state index >= 15 is 0 Å². The third-order valence-electron chi connectivity index (χ3n) is 4.50. The summed E-state index contributed by atoms with van der Waals surface area (Å²) in [6, 6.07) is 0.103. The van der Waals surface area contributed by atoms with Crippen LogP contribution in [0.25, 0.3) is 0 Å². The van der Waals surface area contributed by atoms with Gasteiger partial charge in [-0.05, 0) is 33.1 Å². The Morgan fingerprint density at radius 1 is 1.48 bits per heavy atom. The fraction of sp³-hybridized carbons (Fsp3) is 0.688. The van der Waals surface area contributed by atoms with Crippen LogP contribution < -0.4 is 0 Å². The maximum atomic E-state index is 12.8. The number of rotatable bonds is 6. The predicted octanol–water partition coefficient (Wildman–Crippen LogP) is 1.87. The van der Waals surface area contributed by atoms with Crippen molar-refractivity contribution in [3.8, 4) is 0 Å². The number of hydrogen-bond donors (Lipinski definition) is 1. The lowest BCUT2D eigenvalue weighted by atomic mass is 10.1. The van der Waals surface area contributed by atoms with E-state index in [1.807, 2.05) is 25.5 Å². The number of carboxylic acid groups (broad SMARTS) is 1. The first-order valence-electron chi connectivity index (χ1n) is 8.10. The highest BCUT2D eigenvalue weighted by atomic mass is 16.5. The SMILES string of the molecule is CCC(C)N(CC(=O)O)C(=O)c1cnn(C2CCOCC2)c1C. The van der Waals surface area contributed by atoms with Gasteiger partial charge in [0.1, 0.15) is 6.54 Å². The minimum Gasteiger partial charge on any atom is -0.480 e. The maximum absolute atomic E-state index is 12.8. The number of aromatic nitrogens is 2. The molecule has 1 fully saturated rings. The number of aliphatic carboxylic acids is 1. The van der Waals surface area contributed by atoms with Gasteiger partial charge in [0, 0.05) is 24.9 Å². The Bertz CT molecular complexity index is 564. The van der Waals surface area contributed by atoms with Crippen molar-refractivity contribution in [1.82, 2.24) is 14.7 Å². The van der Waals surface area contributed by atoms with Crippen molar-refractivity contribution in [2.24, 2.45) is 0 Å². The summed E-state index contributed by atoms with van der Waals surface area (Å²) in [5.41, 5.74) is 1.28. The normalized spacial score (nSPS) is 17.0. The number of carbonyl (C=O) groups is 2. The van der Waals surface area contributed by atoms with Crippen molar-refractivity contribution in [2.45, 2.75) is 52.1 Å². The van der Waals surface area contributed by atoms with E-state index in [4.69, 9.17) is 9.84 Å². The third-order valence-corrected chi connectivity index (χ3v) is 4.50. The molecule has 0 spiro atoms. The minimum absolute atomic E-state index is 0.135. The molecule has 7 nitrogen and oxygen atoms in total. The number of nitrogens with zero attached hydrogens (tertiary/aromatic N) is 3. The molecule has 1 aliphatic rings. The van der Waals surface area contributed by atoms with E-state index in [0.717, 1.165) is 18.5 Å². The fourth-order valence-corrected chi connectivity index (χ4v) is 2.88. The van der Waals surface area contributed by atoms with Crippen LogP contribution in [0.5, 0.6) is 0 Å². The summed E-state index contributed by atoms with van der Waals surface area (Å²) in [5, 5.41) is 13.4. The van der Waals surface area contributed by atoms with Gasteiger partial charge in [0.15, 0.2) is 0 Å². The molecule has 1 aromatic heterocycles. The second-order valence-corrected chi connectivity index (χ2v) is 6.02. The predicted molar refractivity (Wildman–Crippen MR) is 84.5 cm³/mol. The second-order valence-electron chi connectivity index (χ2n) is 6.02. The lowest BCUT2D eigenvalue weighted by Gasteiger charge is -2.27. The molecule has 1 amide bonds. The van der Waals surface area contributed by atoms with Crippen molar-refractivity contribution in [2.75, 3.05) is 19.8 Å². The Kier molecular flexibility index (Phi) is 5.76. The topological polar surface area (TPSA) is 84.7 Å². The number of carboxylic acids is 1. The molecule has 0 aromatic carbocycles. The average molecular weight is 323 g/mol. The molecule has 2 rings (SSSR count). The lowest BCUT2D eigenvalue weighted by molar-refractivity contribution is -0.138. The van der Waals surface area contributed by atoms with E-state index in [9.17, 15) is 9.59 Å². The number of hydrogen-bond acceptors (Lipinski definition) is 4. The van der Waals surface area contributed by atoms with Gasteiger partial charge >= 0.3 is 5.97 Å². The maximum Gasteiger partial charge on any atom is 0.323 e. The lowest BCUT2D eigenvalue weighted by Crippen LogP contribution is -2.42. The summed E-state index contributed by atoms with van der Waals surface area (Å²) in [6.07, 6.45) is 4.01. The molecular weight excluding hydrogens is 298 g/mol. The van der Waals surface area contributed by atoms with Gasteiger partial charge in [0.25, 0.3) is 5.91 Å². The zero-order chi connectivity index (χ0) is 17.0. The van der Waals surface area contributed by atoms with E-state index in [2.05, 4.69) is 5.10 Å². The van der Waals surface area contributed by atoms with Gasteiger partial charge in [0.2, 0.25) is 0 Å². The summed E-state index contributed by atoms with van der Waals surface area (Å²) >= 11 is 0. The molecule has 23 heavy (non-hydrogen) atoms. The van der Waals surface area contributed by atoms with Gasteiger partial charge in [-0.1, -0.05) is 6.92 Å². The van der Waals surface area contributed by atoms with Gasteiger partial charge in [-0.3, -0.25) is 14.3 Å². The average Bonchev–Trinajstić information content (AvgIpc) is 2.93. The number of amides is 1. The van der Waals surface area contributed by atoms with Crippen LogP contribution in [-0.4, -0.2) is 57.5 Å². The molecule has 128 valence electrons. The Labute approximate surface area is 136 Å². The van der Waals surface area contributed by atoms with E-state index in [0.29, 0.717) is 25.2 Å². The smallest absolute Gasteiger partial charge is 0.323 e. The Morgan fingerprint density at radius 2 is 2.13 bits per heavy atom. The van der Waals surface area contributed by atoms with Crippen molar-refractivity contribution in [3.63, 3.8) is 0 Å². The molecule has 0 radical (unpaired) electrons. The van der Waals surface area contributed by atoms with Crippen molar-refractivity contribution >= 4 is 11.9 Å². The van der Waals surface area contributed by atoms with Crippen LogP contribution in [0.2, 0.25) is 0 Å². The molecule has 0 bridgehead atoms. The quantitative estimate of drug-likeness (QED) is 0.864. The Hall–Kier alpha value is -1.89. The molecule has 1 N–H and O–H groups in total. The number of ether oxygens (including phenoxy) is 1. The van der Waals surface area contributed by atoms with Gasteiger partial charge in [-0.25, -0.2) is 0 Å². The molecule has 0 saturated carbocycles. The van der Waals surface area contributed by atoms with E-state index < -0.39 is 5.97 Å². The van der Waals surface area contributed by atoms with Gasteiger partial charge < -0.3 is 14.7 Å². The zero-order valence-electron chi connectivity index (χ0n) is 14.0. The Balaban J connectivity index is 2.23. The Morgan fingerprint density at radius 3 is 2.70 bits per heavy atom. The minimum atomic E-state index is -1.01. The van der Waals surface area contributed by atoms with Crippen LogP contribution in [0.4, 0.5) is 0 Å². The summed E-state index contributed by atoms with van der Waals surface area (Å²) < 4.78 is 7.24. The molecule has 2 heterocycles. The molecule has 1 saturated heterocycles. The van der Waals surface area contributed by atoms with Crippen LogP contribution in [0, 0.1) is 6.92 Å². The fourth-order valence-electron chi connectivity index (χ4n) is 2.88. The monoisotopic (exact) mass is 323 g/mol. The van der Waals surface area contributed by atoms with Crippen molar-refractivity contribution in [3.05, 3.63) is 17.5 Å². The molecule has 7 heteroatoms. The molecule has 1 aliphatic heterocycles. The van der Waals surface area contributed by atoms with Crippen LogP contribution in [0.3, 0.4) is 0 Å². The van der Waals surface area contributed by atoms with Crippen molar-refractivity contribution in [1.29, 1.82) is 0 Å². The van der Waals surface area contributed by atoms with Gasteiger partial charge in [0.05, 0.1) is 17.8 Å². The molecular formula is C16H25N3O4. The second kappa shape index (κ2) is 7.59. The van der Waals surface area contributed by atoms with Gasteiger partial charge in [-0.15, -0.1) is 0 Å². The zero-order valence-corrected chi connectivity index (χ0v) is 14.0. The molecule has 0 aliphatic carbocycles. The largest absolute Gasteiger partial charge is 0.480 e. The van der Waals surface area contributed by atoms with E-state index in [1.54, 1.807) is 6.20 Å². The van der Waals surface area contributed by atoms with Crippen molar-refractivity contribution < 1.29 is 19.4 Å². The number of carbonyl (C=O) groups excluding carboxylic acids is 1. The first-order valence-corrected chi connectivity index (χ1v) is 8.10. The highest BCUT2D eigenvalue weighted by Gasteiger charge is 2.27. The summed E-state index contributed by atoms with van der Waals surface area (Å²) in [6.45, 7) is 6.77. The molecule has 1 unspecified atom stereocenters. The van der Waals surface area contributed by atoms with Crippen LogP contribution in [0.1, 0.15) is 55.2 Å². The van der Waals surface area contributed by atoms with E-state index in [-0.39, 0.29) is 24.5 Å².